The highest BCUT2D eigenvalue weighted by atomic mass is 19.1. The lowest BCUT2D eigenvalue weighted by Gasteiger charge is -2.12. The van der Waals surface area contributed by atoms with Gasteiger partial charge in [0.05, 0.1) is 33.6 Å². The number of ether oxygens (including phenoxy) is 3. The van der Waals surface area contributed by atoms with Crippen LogP contribution in [0.15, 0.2) is 41.4 Å². The Bertz CT molecular complexity index is 735. The molecule has 0 spiro atoms. The number of guanidine groups is 1. The van der Waals surface area contributed by atoms with Crippen LogP contribution in [0.3, 0.4) is 0 Å². The Morgan fingerprint density at radius 3 is 2.46 bits per heavy atom. The van der Waals surface area contributed by atoms with Crippen molar-refractivity contribution in [3.8, 4) is 17.2 Å². The summed E-state index contributed by atoms with van der Waals surface area (Å²) in [4.78, 5) is 4.20. The maximum atomic E-state index is 13.5. The van der Waals surface area contributed by atoms with Crippen LogP contribution in [0.25, 0.3) is 0 Å². The zero-order valence-electron chi connectivity index (χ0n) is 13.8. The van der Waals surface area contributed by atoms with Crippen LogP contribution in [0.2, 0.25) is 0 Å². The van der Waals surface area contributed by atoms with Gasteiger partial charge >= 0.3 is 0 Å². The monoisotopic (exact) mass is 333 g/mol. The first-order valence-corrected chi connectivity index (χ1v) is 7.18. The van der Waals surface area contributed by atoms with Gasteiger partial charge in [-0.1, -0.05) is 0 Å². The van der Waals surface area contributed by atoms with Crippen molar-refractivity contribution in [3.63, 3.8) is 0 Å². The van der Waals surface area contributed by atoms with Gasteiger partial charge in [0.15, 0.2) is 5.96 Å². The first-order chi connectivity index (χ1) is 11.5. The molecule has 6 nitrogen and oxygen atoms in total. The summed E-state index contributed by atoms with van der Waals surface area (Å²) in [6.07, 6.45) is 0. The summed E-state index contributed by atoms with van der Waals surface area (Å²) < 4.78 is 28.9. The van der Waals surface area contributed by atoms with E-state index >= 15 is 0 Å². The molecule has 0 radical (unpaired) electrons. The highest BCUT2D eigenvalue weighted by molar-refractivity contribution is 5.94. The van der Waals surface area contributed by atoms with Gasteiger partial charge in [-0.05, 0) is 29.8 Å². The molecule has 0 aliphatic carbocycles. The van der Waals surface area contributed by atoms with E-state index < -0.39 is 0 Å². The molecule has 0 saturated carbocycles. The summed E-state index contributed by atoms with van der Waals surface area (Å²) in [6, 6.07) is 9.65. The van der Waals surface area contributed by atoms with Crippen LogP contribution in [0.5, 0.6) is 17.2 Å². The van der Waals surface area contributed by atoms with E-state index in [4.69, 9.17) is 19.9 Å². The topological polar surface area (TPSA) is 78.1 Å². The fraction of sp³-hybridized carbons (Fsp3) is 0.235. The number of aliphatic imine (C=N–C) groups is 1. The standard InChI is InChI=1S/C17H20FN3O3/c1-22-13-4-5-16(24-3)15(9-13)21-17(19)20-10-11-6-12(18)8-14(7-11)23-2/h4-9H,10H2,1-3H3,(H3,19,20,21). The highest BCUT2D eigenvalue weighted by Gasteiger charge is 2.06. The zero-order valence-corrected chi connectivity index (χ0v) is 13.8. The number of nitrogens with one attached hydrogen (secondary N) is 1. The normalized spacial score (nSPS) is 11.1. The van der Waals surface area contributed by atoms with Gasteiger partial charge in [-0.15, -0.1) is 0 Å². The van der Waals surface area contributed by atoms with Crippen LogP contribution in [-0.2, 0) is 6.54 Å². The van der Waals surface area contributed by atoms with Crippen LogP contribution in [0.4, 0.5) is 10.1 Å². The molecule has 7 heteroatoms. The summed E-state index contributed by atoms with van der Waals surface area (Å²) >= 11 is 0. The molecule has 0 heterocycles. The van der Waals surface area contributed by atoms with Crippen molar-refractivity contribution < 1.29 is 18.6 Å². The number of hydrogen-bond donors (Lipinski definition) is 2. The molecule has 2 aromatic carbocycles. The summed E-state index contributed by atoms with van der Waals surface area (Å²) in [5.74, 6) is 1.47. The Balaban J connectivity index is 2.13. The van der Waals surface area contributed by atoms with Crippen molar-refractivity contribution in [1.82, 2.24) is 0 Å². The van der Waals surface area contributed by atoms with E-state index in [0.717, 1.165) is 0 Å². The minimum Gasteiger partial charge on any atom is -0.497 e. The molecule has 3 N–H and O–H groups in total. The van der Waals surface area contributed by atoms with Crippen molar-refractivity contribution in [3.05, 3.63) is 47.8 Å². The molecular weight excluding hydrogens is 313 g/mol. The minimum absolute atomic E-state index is 0.171. The van der Waals surface area contributed by atoms with E-state index in [1.165, 1.54) is 19.2 Å². The summed E-state index contributed by atoms with van der Waals surface area (Å²) in [7, 11) is 4.60. The van der Waals surface area contributed by atoms with Crippen molar-refractivity contribution in [1.29, 1.82) is 0 Å². The first-order valence-electron chi connectivity index (χ1n) is 7.18. The molecule has 0 amide bonds. The second-order valence-electron chi connectivity index (χ2n) is 4.89. The number of methoxy groups -OCH3 is 3. The number of nitrogens with zero attached hydrogens (tertiary/aromatic N) is 1. The maximum Gasteiger partial charge on any atom is 0.193 e. The third-order valence-electron chi connectivity index (χ3n) is 3.27. The van der Waals surface area contributed by atoms with E-state index in [1.807, 2.05) is 0 Å². The van der Waals surface area contributed by atoms with Crippen LogP contribution in [0, 0.1) is 5.82 Å². The largest absolute Gasteiger partial charge is 0.497 e. The van der Waals surface area contributed by atoms with Crippen molar-refractivity contribution in [2.24, 2.45) is 10.7 Å². The SMILES string of the molecule is COc1cc(F)cc(CN=C(N)Nc2cc(OC)ccc2OC)c1. The van der Waals surface area contributed by atoms with E-state index in [9.17, 15) is 4.39 Å². The second kappa shape index (κ2) is 8.05. The first kappa shape index (κ1) is 17.4. The lowest BCUT2D eigenvalue weighted by molar-refractivity contribution is 0.405. The van der Waals surface area contributed by atoms with E-state index in [2.05, 4.69) is 10.3 Å². The van der Waals surface area contributed by atoms with Gasteiger partial charge in [0.1, 0.15) is 23.1 Å². The lowest BCUT2D eigenvalue weighted by Crippen LogP contribution is -2.23. The Kier molecular flexibility index (Phi) is 5.83. The van der Waals surface area contributed by atoms with Gasteiger partial charge in [0.2, 0.25) is 0 Å². The molecule has 128 valence electrons. The molecule has 0 atom stereocenters. The number of benzene rings is 2. The van der Waals surface area contributed by atoms with E-state index in [-0.39, 0.29) is 18.3 Å². The second-order valence-corrected chi connectivity index (χ2v) is 4.89. The average Bonchev–Trinajstić information content (AvgIpc) is 2.59. The van der Waals surface area contributed by atoms with Crippen LogP contribution in [-0.4, -0.2) is 27.3 Å². The number of rotatable bonds is 6. The van der Waals surface area contributed by atoms with E-state index in [0.29, 0.717) is 28.5 Å². The molecular formula is C17H20FN3O3. The average molecular weight is 333 g/mol. The van der Waals surface area contributed by atoms with Gasteiger partial charge in [-0.2, -0.15) is 0 Å². The predicted octanol–water partition coefficient (Wildman–Crippen LogP) is 2.78. The molecule has 0 aliphatic rings. The highest BCUT2D eigenvalue weighted by Crippen LogP contribution is 2.28. The molecule has 0 unspecified atom stereocenters. The minimum atomic E-state index is -0.388. The quantitative estimate of drug-likeness (QED) is 0.628. The number of hydrogen-bond acceptors (Lipinski definition) is 4. The lowest BCUT2D eigenvalue weighted by atomic mass is 10.2. The third-order valence-corrected chi connectivity index (χ3v) is 3.27. The summed E-state index contributed by atoms with van der Waals surface area (Å²) in [6.45, 7) is 0.208. The molecule has 2 rings (SSSR count). The molecule has 24 heavy (non-hydrogen) atoms. The van der Waals surface area contributed by atoms with Gasteiger partial charge in [-0.25, -0.2) is 9.38 Å². The van der Waals surface area contributed by atoms with Gasteiger partial charge in [0, 0.05) is 12.1 Å². The van der Waals surface area contributed by atoms with Crippen molar-refractivity contribution in [2.75, 3.05) is 26.6 Å². The Morgan fingerprint density at radius 2 is 1.79 bits per heavy atom. The number of nitrogens with two attached hydrogens (primary N) is 1. The van der Waals surface area contributed by atoms with Gasteiger partial charge in [0.25, 0.3) is 0 Å². The molecule has 0 aromatic heterocycles. The third kappa shape index (κ3) is 4.52. The van der Waals surface area contributed by atoms with Crippen LogP contribution < -0.4 is 25.3 Å². The maximum absolute atomic E-state index is 13.5. The molecule has 0 aliphatic heterocycles. The van der Waals surface area contributed by atoms with Gasteiger partial charge in [-0.3, -0.25) is 0 Å². The Labute approximate surface area is 140 Å². The fourth-order valence-corrected chi connectivity index (χ4v) is 2.10. The van der Waals surface area contributed by atoms with Crippen molar-refractivity contribution >= 4 is 11.6 Å². The fourth-order valence-electron chi connectivity index (χ4n) is 2.10. The summed E-state index contributed by atoms with van der Waals surface area (Å²) in [5.41, 5.74) is 7.16. The van der Waals surface area contributed by atoms with Crippen LogP contribution in [0.1, 0.15) is 5.56 Å². The zero-order chi connectivity index (χ0) is 17.5. The molecule has 0 fully saturated rings. The van der Waals surface area contributed by atoms with Crippen molar-refractivity contribution in [2.45, 2.75) is 6.54 Å². The number of halogens is 1. The summed E-state index contributed by atoms with van der Waals surface area (Å²) in [5, 5.41) is 2.95. The Morgan fingerprint density at radius 1 is 1.04 bits per heavy atom. The van der Waals surface area contributed by atoms with E-state index in [1.54, 1.807) is 38.5 Å². The molecule has 0 saturated heterocycles. The molecule has 0 bridgehead atoms. The predicted molar refractivity (Wildman–Crippen MR) is 91.4 cm³/mol. The number of anilines is 1. The van der Waals surface area contributed by atoms with Crippen LogP contribution >= 0.6 is 0 Å². The smallest absolute Gasteiger partial charge is 0.193 e. The molecule has 2 aromatic rings. The van der Waals surface area contributed by atoms with Gasteiger partial charge < -0.3 is 25.3 Å². The Hall–Kier alpha value is -2.96.